The predicted molar refractivity (Wildman–Crippen MR) is 117 cm³/mol. The van der Waals surface area contributed by atoms with Gasteiger partial charge in [-0.2, -0.15) is 0 Å². The highest BCUT2D eigenvalue weighted by Gasteiger charge is 2.38. The number of hydrogen-bond acceptors (Lipinski definition) is 3. The van der Waals surface area contributed by atoms with Crippen molar-refractivity contribution in [1.29, 1.82) is 0 Å². The van der Waals surface area contributed by atoms with Crippen LogP contribution in [0.25, 0.3) is 0 Å². The first kappa shape index (κ1) is 20.6. The molecule has 2 aliphatic rings. The zero-order chi connectivity index (χ0) is 20.9. The summed E-state index contributed by atoms with van der Waals surface area (Å²) in [5.74, 6) is 0.266. The van der Waals surface area contributed by atoms with Crippen molar-refractivity contribution in [2.75, 3.05) is 31.1 Å². The smallest absolute Gasteiger partial charge is 0.228 e. The molecule has 0 N–H and O–H groups in total. The average Bonchev–Trinajstić information content (AvgIpc) is 3.16. The fourth-order valence-corrected chi connectivity index (χ4v) is 4.42. The van der Waals surface area contributed by atoms with E-state index in [9.17, 15) is 9.59 Å². The molecule has 5 heteroatoms. The molecular weight excluding hydrogens is 376 g/mol. The van der Waals surface area contributed by atoms with E-state index < -0.39 is 0 Å². The van der Waals surface area contributed by atoms with Crippen LogP contribution in [0.5, 0.6) is 0 Å². The van der Waals surface area contributed by atoms with Crippen molar-refractivity contribution >= 4 is 17.5 Å². The van der Waals surface area contributed by atoms with E-state index in [-0.39, 0.29) is 17.7 Å². The second-order valence-corrected chi connectivity index (χ2v) is 8.53. The van der Waals surface area contributed by atoms with E-state index in [0.717, 1.165) is 37.2 Å². The first-order valence-electron chi connectivity index (χ1n) is 10.9. The molecule has 2 aliphatic heterocycles. The van der Waals surface area contributed by atoms with Crippen LogP contribution in [0.3, 0.4) is 0 Å². The average molecular weight is 407 g/mol. The predicted octanol–water partition coefficient (Wildman–Crippen LogP) is 3.80. The lowest BCUT2D eigenvalue weighted by Crippen LogP contribution is -2.44. The normalized spacial score (nSPS) is 21.8. The molecule has 0 aliphatic carbocycles. The number of carbonyl (C=O) groups is 2. The third kappa shape index (κ3) is 4.90. The summed E-state index contributed by atoms with van der Waals surface area (Å²) in [6.07, 6.45) is 2.38. The number of rotatable bonds is 6. The van der Waals surface area contributed by atoms with E-state index in [2.05, 4.69) is 12.1 Å². The number of benzene rings is 2. The van der Waals surface area contributed by atoms with Crippen molar-refractivity contribution in [2.45, 2.75) is 32.8 Å². The third-order valence-corrected chi connectivity index (χ3v) is 6.12. The number of ether oxygens (including phenoxy) is 1. The molecule has 0 bridgehead atoms. The number of anilines is 1. The number of aryl methyl sites for hydroxylation is 1. The standard InChI is InChI=1S/C25H30N2O3/c1-19-9-11-23(12-10-19)27-16-22(14-24(27)28)25(29)26-13-5-8-21(15-26)18-30-17-20-6-3-2-4-7-20/h2-4,6-7,9-12,21-22H,5,8,13-18H2,1H3. The Morgan fingerprint density at radius 2 is 1.83 bits per heavy atom. The van der Waals surface area contributed by atoms with Crippen molar-refractivity contribution in [3.8, 4) is 0 Å². The van der Waals surface area contributed by atoms with Crippen LogP contribution in [-0.2, 0) is 20.9 Å². The highest BCUT2D eigenvalue weighted by atomic mass is 16.5. The van der Waals surface area contributed by atoms with Gasteiger partial charge in [0.1, 0.15) is 0 Å². The van der Waals surface area contributed by atoms with Gasteiger partial charge in [0.15, 0.2) is 0 Å². The molecule has 2 amide bonds. The molecule has 0 saturated carbocycles. The molecule has 0 spiro atoms. The Morgan fingerprint density at radius 3 is 2.60 bits per heavy atom. The van der Waals surface area contributed by atoms with Crippen LogP contribution in [0.2, 0.25) is 0 Å². The fourth-order valence-electron chi connectivity index (χ4n) is 4.42. The van der Waals surface area contributed by atoms with Gasteiger partial charge >= 0.3 is 0 Å². The minimum absolute atomic E-state index is 0.0388. The maximum Gasteiger partial charge on any atom is 0.228 e. The molecule has 30 heavy (non-hydrogen) atoms. The first-order valence-corrected chi connectivity index (χ1v) is 10.9. The van der Waals surface area contributed by atoms with Gasteiger partial charge in [0.25, 0.3) is 0 Å². The summed E-state index contributed by atoms with van der Waals surface area (Å²) in [5.41, 5.74) is 3.21. The lowest BCUT2D eigenvalue weighted by molar-refractivity contribution is -0.138. The molecule has 4 rings (SSSR count). The lowest BCUT2D eigenvalue weighted by atomic mass is 9.97. The van der Waals surface area contributed by atoms with Gasteiger partial charge in [-0.25, -0.2) is 0 Å². The maximum absolute atomic E-state index is 13.1. The molecule has 2 heterocycles. The Balaban J connectivity index is 1.29. The Labute approximate surface area is 178 Å². The van der Waals surface area contributed by atoms with E-state index >= 15 is 0 Å². The second kappa shape index (κ2) is 9.43. The van der Waals surface area contributed by atoms with Gasteiger partial charge in [-0.1, -0.05) is 48.0 Å². The summed E-state index contributed by atoms with van der Waals surface area (Å²) in [5, 5.41) is 0. The zero-order valence-electron chi connectivity index (χ0n) is 17.6. The van der Waals surface area contributed by atoms with Gasteiger partial charge in [-0.05, 0) is 43.4 Å². The zero-order valence-corrected chi connectivity index (χ0v) is 17.6. The molecule has 0 radical (unpaired) electrons. The summed E-state index contributed by atoms with van der Waals surface area (Å²) in [4.78, 5) is 29.4. The van der Waals surface area contributed by atoms with E-state index in [4.69, 9.17) is 4.74 Å². The van der Waals surface area contributed by atoms with Crippen molar-refractivity contribution in [3.63, 3.8) is 0 Å². The molecule has 2 saturated heterocycles. The summed E-state index contributed by atoms with van der Waals surface area (Å²) in [6, 6.07) is 18.1. The van der Waals surface area contributed by atoms with E-state index in [1.165, 1.54) is 5.56 Å². The molecule has 2 unspecified atom stereocenters. The van der Waals surface area contributed by atoms with Gasteiger partial charge in [-0.15, -0.1) is 0 Å². The highest BCUT2D eigenvalue weighted by molar-refractivity contribution is 6.00. The van der Waals surface area contributed by atoms with Crippen molar-refractivity contribution in [3.05, 3.63) is 65.7 Å². The van der Waals surface area contributed by atoms with Crippen LogP contribution in [-0.4, -0.2) is 43.0 Å². The summed E-state index contributed by atoms with van der Waals surface area (Å²) >= 11 is 0. The number of carbonyl (C=O) groups excluding carboxylic acids is 2. The SMILES string of the molecule is Cc1ccc(N2CC(C(=O)N3CCCC(COCc4ccccc4)C3)CC2=O)cc1. The Hall–Kier alpha value is -2.66. The van der Waals surface area contributed by atoms with Crippen LogP contribution >= 0.6 is 0 Å². The molecule has 0 aromatic heterocycles. The molecule has 5 nitrogen and oxygen atoms in total. The topological polar surface area (TPSA) is 49.9 Å². The van der Waals surface area contributed by atoms with E-state index in [1.807, 2.05) is 54.3 Å². The number of likely N-dealkylation sites (tertiary alicyclic amines) is 1. The van der Waals surface area contributed by atoms with Crippen LogP contribution in [0, 0.1) is 18.8 Å². The Kier molecular flexibility index (Phi) is 6.48. The number of hydrogen-bond donors (Lipinski definition) is 0. The number of nitrogens with zero attached hydrogens (tertiary/aromatic N) is 2. The Bertz CT molecular complexity index is 866. The monoisotopic (exact) mass is 406 g/mol. The minimum atomic E-state index is -0.247. The first-order chi connectivity index (χ1) is 14.6. The van der Waals surface area contributed by atoms with Crippen molar-refractivity contribution < 1.29 is 14.3 Å². The minimum Gasteiger partial charge on any atom is -0.376 e. The molecule has 2 fully saturated rings. The van der Waals surface area contributed by atoms with Crippen molar-refractivity contribution in [2.24, 2.45) is 11.8 Å². The molecular formula is C25H30N2O3. The van der Waals surface area contributed by atoms with E-state index in [1.54, 1.807) is 4.90 Å². The molecule has 2 atom stereocenters. The highest BCUT2D eigenvalue weighted by Crippen LogP contribution is 2.28. The van der Waals surface area contributed by atoms with E-state index in [0.29, 0.717) is 32.1 Å². The van der Waals surface area contributed by atoms with Crippen LogP contribution in [0.1, 0.15) is 30.4 Å². The lowest BCUT2D eigenvalue weighted by Gasteiger charge is -2.34. The van der Waals surface area contributed by atoms with Gasteiger partial charge in [0, 0.05) is 31.7 Å². The molecule has 2 aromatic carbocycles. The van der Waals surface area contributed by atoms with Crippen LogP contribution in [0.4, 0.5) is 5.69 Å². The summed E-state index contributed by atoms with van der Waals surface area (Å²) in [6.45, 7) is 5.28. The van der Waals surface area contributed by atoms with Gasteiger partial charge in [0.05, 0.1) is 19.1 Å². The molecule has 2 aromatic rings. The maximum atomic E-state index is 13.1. The fraction of sp³-hybridized carbons (Fsp3) is 0.440. The third-order valence-electron chi connectivity index (χ3n) is 6.12. The van der Waals surface area contributed by atoms with Gasteiger partial charge in [0.2, 0.25) is 11.8 Å². The number of amides is 2. The molecule has 158 valence electrons. The van der Waals surface area contributed by atoms with Gasteiger partial charge < -0.3 is 14.5 Å². The van der Waals surface area contributed by atoms with Gasteiger partial charge in [-0.3, -0.25) is 9.59 Å². The second-order valence-electron chi connectivity index (χ2n) is 8.53. The van der Waals surface area contributed by atoms with Crippen LogP contribution < -0.4 is 4.90 Å². The number of piperidine rings is 1. The Morgan fingerprint density at radius 1 is 1.07 bits per heavy atom. The quantitative estimate of drug-likeness (QED) is 0.733. The summed E-state index contributed by atoms with van der Waals surface area (Å²) in [7, 11) is 0. The summed E-state index contributed by atoms with van der Waals surface area (Å²) < 4.78 is 5.91. The van der Waals surface area contributed by atoms with Crippen molar-refractivity contribution in [1.82, 2.24) is 4.90 Å². The van der Waals surface area contributed by atoms with Crippen LogP contribution in [0.15, 0.2) is 54.6 Å². The largest absolute Gasteiger partial charge is 0.376 e.